The monoisotopic (exact) mass is 498 g/mol. The van der Waals surface area contributed by atoms with E-state index in [0.29, 0.717) is 13.0 Å². The molecule has 2 heterocycles. The first-order valence-corrected chi connectivity index (χ1v) is 12.3. The highest BCUT2D eigenvalue weighted by atomic mass is 32.2. The van der Waals surface area contributed by atoms with Crippen LogP contribution in [-0.4, -0.2) is 57.1 Å². The highest BCUT2D eigenvalue weighted by Gasteiger charge is 2.47. The lowest BCUT2D eigenvalue weighted by atomic mass is 10.1. The number of benzene rings is 2. The van der Waals surface area contributed by atoms with Crippen molar-refractivity contribution in [3.05, 3.63) is 66.3 Å². The van der Waals surface area contributed by atoms with Gasteiger partial charge in [0.25, 0.3) is 0 Å². The first-order chi connectivity index (χ1) is 15.9. The lowest BCUT2D eigenvalue weighted by molar-refractivity contribution is -0.129. The van der Waals surface area contributed by atoms with Crippen LogP contribution in [0.15, 0.2) is 42.5 Å². The summed E-state index contributed by atoms with van der Waals surface area (Å²) < 4.78 is 82.9. The van der Waals surface area contributed by atoms with Crippen molar-refractivity contribution in [1.82, 2.24) is 4.90 Å². The third kappa shape index (κ3) is 4.70. The number of anilines is 2. The van der Waals surface area contributed by atoms with Crippen LogP contribution in [0, 0.1) is 12.7 Å². The van der Waals surface area contributed by atoms with Crippen molar-refractivity contribution in [2.24, 2.45) is 0 Å². The van der Waals surface area contributed by atoms with Crippen molar-refractivity contribution in [3.63, 3.8) is 0 Å². The molecule has 34 heavy (non-hydrogen) atoms. The fourth-order valence-corrected chi connectivity index (χ4v) is 6.32. The van der Waals surface area contributed by atoms with Gasteiger partial charge in [-0.1, -0.05) is 36.4 Å². The Morgan fingerprint density at radius 3 is 2.35 bits per heavy atom. The van der Waals surface area contributed by atoms with Gasteiger partial charge in [0, 0.05) is 26.1 Å². The molecule has 2 atom stereocenters. The Labute approximate surface area is 195 Å². The molecule has 2 aromatic carbocycles. The van der Waals surface area contributed by atoms with E-state index in [4.69, 9.17) is 0 Å². The van der Waals surface area contributed by atoms with Gasteiger partial charge in [-0.05, 0) is 30.5 Å². The molecule has 2 aliphatic rings. The molecule has 0 aromatic heterocycles. The fourth-order valence-electron chi connectivity index (χ4n) is 4.75. The van der Waals surface area contributed by atoms with E-state index >= 15 is 4.39 Å². The smallest absolute Gasteiger partial charge is 0.363 e. The molecule has 0 spiro atoms. The van der Waals surface area contributed by atoms with Crippen molar-refractivity contribution in [2.45, 2.75) is 37.4 Å². The van der Waals surface area contributed by atoms with Crippen molar-refractivity contribution in [3.8, 4) is 0 Å². The van der Waals surface area contributed by atoms with Crippen molar-refractivity contribution >= 4 is 27.3 Å². The Hall–Kier alpha value is -2.82. The summed E-state index contributed by atoms with van der Waals surface area (Å²) in [5.74, 6) is -1.96. The maximum absolute atomic E-state index is 15.4. The molecule has 1 radical (unpaired) electrons. The second kappa shape index (κ2) is 8.75. The minimum absolute atomic E-state index is 0.0430. The van der Waals surface area contributed by atoms with Gasteiger partial charge in [-0.3, -0.25) is 9.10 Å². The molecule has 0 unspecified atom stereocenters. The third-order valence-electron chi connectivity index (χ3n) is 6.23. The average molecular weight is 499 g/mol. The Morgan fingerprint density at radius 1 is 1.12 bits per heavy atom. The number of rotatable bonds is 6. The van der Waals surface area contributed by atoms with E-state index in [1.165, 1.54) is 31.2 Å². The zero-order valence-electron chi connectivity index (χ0n) is 18.4. The zero-order valence-corrected chi connectivity index (χ0v) is 19.2. The summed E-state index contributed by atoms with van der Waals surface area (Å²) in [7, 11) is -4.64. The predicted molar refractivity (Wildman–Crippen MR) is 120 cm³/mol. The number of carbonyl (C=O) groups excluding carboxylic acids is 1. The molecule has 4 rings (SSSR count). The van der Waals surface area contributed by atoms with Gasteiger partial charge >= 0.3 is 6.18 Å². The number of amides is 1. The van der Waals surface area contributed by atoms with Gasteiger partial charge in [0.15, 0.2) is 5.82 Å². The minimum Gasteiger partial charge on any atom is -0.363 e. The molecule has 2 aliphatic heterocycles. The number of alkyl halides is 3. The van der Waals surface area contributed by atoms with Gasteiger partial charge in [-0.15, -0.1) is 0 Å². The summed E-state index contributed by atoms with van der Waals surface area (Å²) in [6, 6.07) is 10.1. The zero-order chi connectivity index (χ0) is 24.8. The summed E-state index contributed by atoms with van der Waals surface area (Å²) in [5.41, 5.74) is -0.556. The Bertz CT molecular complexity index is 1190. The summed E-state index contributed by atoms with van der Waals surface area (Å²) in [5, 5.41) is 0. The highest BCUT2D eigenvalue weighted by Crippen LogP contribution is 2.43. The molecule has 2 aromatic rings. The SMILES string of the molecule is [CH2]c1ccc(N2C[C@@H]3C[C@H]2CN3C(C)=O)c(N(CC(F)(F)F)S(=O)(=O)Cc2ccccc2)c1F. The first kappa shape index (κ1) is 24.3. The standard InChI is InChI=1S/C23H24F4N3O3S/c1-15-8-9-20(29-12-18-10-19(29)11-28(18)16(2)31)22(21(15)24)30(14-23(25,26)27)34(32,33)13-17-6-4-3-5-7-17/h3-9,18-19H,1,10-14H2,2H3/t18-,19-/m0/s1. The lowest BCUT2D eigenvalue weighted by Crippen LogP contribution is -2.49. The lowest BCUT2D eigenvalue weighted by Gasteiger charge is -2.38. The summed E-state index contributed by atoms with van der Waals surface area (Å²) in [4.78, 5) is 15.2. The summed E-state index contributed by atoms with van der Waals surface area (Å²) in [6.45, 7) is 3.70. The molecule has 1 amide bonds. The van der Waals surface area contributed by atoms with Crippen LogP contribution in [-0.2, 0) is 20.6 Å². The maximum atomic E-state index is 15.4. The van der Waals surface area contributed by atoms with Crippen LogP contribution in [0.5, 0.6) is 0 Å². The summed E-state index contributed by atoms with van der Waals surface area (Å²) >= 11 is 0. The molecule has 2 bridgehead atoms. The molecular formula is C23H24F4N3O3S. The number of halogens is 4. The van der Waals surface area contributed by atoms with Crippen LogP contribution in [0.2, 0.25) is 0 Å². The number of hydrogen-bond acceptors (Lipinski definition) is 4. The number of piperazine rings is 1. The quantitative estimate of drug-likeness (QED) is 0.570. The van der Waals surface area contributed by atoms with E-state index < -0.39 is 40.0 Å². The van der Waals surface area contributed by atoms with Crippen LogP contribution >= 0.6 is 0 Å². The molecule has 183 valence electrons. The second-order valence-electron chi connectivity index (χ2n) is 8.64. The van der Waals surface area contributed by atoms with Crippen LogP contribution in [0.4, 0.5) is 28.9 Å². The van der Waals surface area contributed by atoms with Crippen LogP contribution in [0.25, 0.3) is 0 Å². The number of sulfonamides is 1. The van der Waals surface area contributed by atoms with Gasteiger partial charge < -0.3 is 9.80 Å². The van der Waals surface area contributed by atoms with E-state index in [1.54, 1.807) is 28.0 Å². The first-order valence-electron chi connectivity index (χ1n) is 10.7. The fraction of sp³-hybridized carbons (Fsp3) is 0.391. The van der Waals surface area contributed by atoms with Gasteiger partial charge in [0.05, 0.1) is 17.5 Å². The Kier molecular flexibility index (Phi) is 6.26. The molecule has 2 fully saturated rings. The molecule has 11 heteroatoms. The normalized spacial score (nSPS) is 20.2. The Morgan fingerprint density at radius 2 is 1.79 bits per heavy atom. The highest BCUT2D eigenvalue weighted by molar-refractivity contribution is 7.92. The maximum Gasteiger partial charge on any atom is 0.407 e. The summed E-state index contributed by atoms with van der Waals surface area (Å²) in [6.07, 6.45) is -4.34. The van der Waals surface area contributed by atoms with Gasteiger partial charge in [-0.2, -0.15) is 13.2 Å². The van der Waals surface area contributed by atoms with Crippen molar-refractivity contribution in [1.29, 1.82) is 0 Å². The molecule has 6 nitrogen and oxygen atoms in total. The van der Waals surface area contributed by atoms with E-state index in [9.17, 15) is 26.4 Å². The molecule has 0 N–H and O–H groups in total. The molecule has 2 saturated heterocycles. The number of likely N-dealkylation sites (tertiary alicyclic amines) is 1. The minimum atomic E-state index is -4.92. The second-order valence-corrected chi connectivity index (χ2v) is 10.5. The topological polar surface area (TPSA) is 60.9 Å². The van der Waals surface area contributed by atoms with Crippen LogP contribution in [0.1, 0.15) is 24.5 Å². The third-order valence-corrected chi connectivity index (χ3v) is 7.91. The Balaban J connectivity index is 1.79. The van der Waals surface area contributed by atoms with E-state index in [-0.39, 0.29) is 45.7 Å². The number of nitrogens with zero attached hydrogens (tertiary/aromatic N) is 3. The average Bonchev–Trinajstić information content (AvgIpc) is 3.35. The van der Waals surface area contributed by atoms with Crippen molar-refractivity contribution in [2.75, 3.05) is 28.8 Å². The van der Waals surface area contributed by atoms with Crippen LogP contribution < -0.4 is 9.21 Å². The van der Waals surface area contributed by atoms with Crippen molar-refractivity contribution < 1.29 is 30.8 Å². The van der Waals surface area contributed by atoms with E-state index in [1.807, 2.05) is 0 Å². The number of carbonyl (C=O) groups is 1. The molecule has 0 saturated carbocycles. The number of fused-ring (bicyclic) bond motifs is 2. The van der Waals surface area contributed by atoms with Crippen LogP contribution in [0.3, 0.4) is 0 Å². The predicted octanol–water partition coefficient (Wildman–Crippen LogP) is 3.72. The van der Waals surface area contributed by atoms with Gasteiger partial charge in [0.1, 0.15) is 12.2 Å². The largest absolute Gasteiger partial charge is 0.407 e. The van der Waals surface area contributed by atoms with E-state index in [2.05, 4.69) is 6.92 Å². The number of hydrogen-bond donors (Lipinski definition) is 0. The van der Waals surface area contributed by atoms with Gasteiger partial charge in [0.2, 0.25) is 15.9 Å². The molecular weight excluding hydrogens is 474 g/mol. The van der Waals surface area contributed by atoms with Gasteiger partial charge in [-0.25, -0.2) is 12.8 Å². The van der Waals surface area contributed by atoms with E-state index in [0.717, 1.165) is 0 Å². The molecule has 0 aliphatic carbocycles.